The molecular formula is C20H21NO8. The van der Waals surface area contributed by atoms with Crippen molar-refractivity contribution < 1.29 is 33.5 Å². The molecule has 29 heavy (non-hydrogen) atoms. The third-order valence-electron chi connectivity index (χ3n) is 3.67. The van der Waals surface area contributed by atoms with Crippen molar-refractivity contribution in [3.8, 4) is 11.5 Å². The molecule has 9 nitrogen and oxygen atoms in total. The molecule has 154 valence electrons. The Bertz CT molecular complexity index is 850. The Hall–Kier alpha value is -3.46. The predicted octanol–water partition coefficient (Wildman–Crippen LogP) is 3.16. The zero-order chi connectivity index (χ0) is 21.2. The van der Waals surface area contributed by atoms with Gasteiger partial charge in [-0.2, -0.15) is 0 Å². The van der Waals surface area contributed by atoms with Gasteiger partial charge in [-0.3, -0.25) is 10.1 Å². The number of carbonyl (C=O) groups excluding carboxylic acids is 2. The summed E-state index contributed by atoms with van der Waals surface area (Å²) in [6.45, 7) is 4.26. The Morgan fingerprint density at radius 3 is 2.41 bits per heavy atom. The van der Waals surface area contributed by atoms with Crippen molar-refractivity contribution in [2.45, 2.75) is 20.0 Å². The number of nitro groups is 1. The van der Waals surface area contributed by atoms with E-state index in [0.717, 1.165) is 0 Å². The summed E-state index contributed by atoms with van der Waals surface area (Å²) in [6.07, 6.45) is -1.08. The van der Waals surface area contributed by atoms with Gasteiger partial charge in [-0.05, 0) is 44.2 Å². The average Bonchev–Trinajstić information content (AvgIpc) is 2.71. The summed E-state index contributed by atoms with van der Waals surface area (Å²) < 4.78 is 20.7. The molecule has 0 saturated carbocycles. The maximum atomic E-state index is 12.2. The Balaban J connectivity index is 1.92. The lowest BCUT2D eigenvalue weighted by Gasteiger charge is -2.14. The van der Waals surface area contributed by atoms with Gasteiger partial charge in [0.2, 0.25) is 0 Å². The minimum Gasteiger partial charge on any atom is -0.472 e. The highest BCUT2D eigenvalue weighted by molar-refractivity contribution is 5.89. The van der Waals surface area contributed by atoms with Crippen LogP contribution in [0.1, 0.15) is 24.2 Å². The number of benzene rings is 2. The molecule has 0 aliphatic rings. The Morgan fingerprint density at radius 1 is 1.07 bits per heavy atom. The molecule has 1 atom stereocenters. The third-order valence-corrected chi connectivity index (χ3v) is 3.67. The number of hydrogen-bond donors (Lipinski definition) is 0. The molecule has 0 heterocycles. The zero-order valence-electron chi connectivity index (χ0n) is 16.0. The second-order valence-electron chi connectivity index (χ2n) is 5.76. The summed E-state index contributed by atoms with van der Waals surface area (Å²) in [6, 6.07) is 11.5. The fraction of sp³-hybridized carbons (Fsp3) is 0.300. The largest absolute Gasteiger partial charge is 0.472 e. The maximum Gasteiger partial charge on any atom is 0.352 e. The Labute approximate surface area is 167 Å². The first-order valence-electron chi connectivity index (χ1n) is 8.89. The molecule has 0 saturated heterocycles. The van der Waals surface area contributed by atoms with Crippen molar-refractivity contribution in [3.05, 3.63) is 64.2 Å². The molecule has 2 rings (SSSR count). The molecule has 0 aliphatic heterocycles. The van der Waals surface area contributed by atoms with E-state index in [-0.39, 0.29) is 23.8 Å². The van der Waals surface area contributed by atoms with Gasteiger partial charge in [-0.25, -0.2) is 9.59 Å². The molecule has 0 amide bonds. The lowest BCUT2D eigenvalue weighted by molar-refractivity contribution is -0.386. The van der Waals surface area contributed by atoms with Crippen LogP contribution < -0.4 is 9.47 Å². The van der Waals surface area contributed by atoms with Gasteiger partial charge < -0.3 is 18.9 Å². The first-order valence-corrected chi connectivity index (χ1v) is 8.89. The van der Waals surface area contributed by atoms with Gasteiger partial charge in [0, 0.05) is 12.7 Å². The minimum absolute atomic E-state index is 0.0351. The number of nitro benzene ring substituents is 1. The van der Waals surface area contributed by atoms with Gasteiger partial charge in [0.05, 0.1) is 17.1 Å². The fourth-order valence-corrected chi connectivity index (χ4v) is 2.23. The summed E-state index contributed by atoms with van der Waals surface area (Å²) in [5.41, 5.74) is 0.0462. The van der Waals surface area contributed by atoms with Gasteiger partial charge in [-0.15, -0.1) is 0 Å². The highest BCUT2D eigenvalue weighted by atomic mass is 16.6. The van der Waals surface area contributed by atoms with Gasteiger partial charge in [0.25, 0.3) is 0 Å². The second kappa shape index (κ2) is 10.8. The van der Waals surface area contributed by atoms with E-state index in [1.165, 1.54) is 49.4 Å². The number of carbonyl (C=O) groups is 2. The molecule has 0 aromatic heterocycles. The van der Waals surface area contributed by atoms with E-state index in [2.05, 4.69) is 0 Å². The highest BCUT2D eigenvalue weighted by Gasteiger charge is 2.22. The van der Waals surface area contributed by atoms with Crippen LogP contribution in [-0.2, 0) is 14.3 Å². The van der Waals surface area contributed by atoms with Gasteiger partial charge in [0.1, 0.15) is 12.4 Å². The first kappa shape index (κ1) is 21.8. The van der Waals surface area contributed by atoms with Crippen molar-refractivity contribution in [2.75, 3.05) is 19.8 Å². The first-order chi connectivity index (χ1) is 13.9. The van der Waals surface area contributed by atoms with Crippen LogP contribution in [-0.4, -0.2) is 42.8 Å². The summed E-state index contributed by atoms with van der Waals surface area (Å²) in [5.74, 6) is -1.10. The van der Waals surface area contributed by atoms with E-state index in [1.807, 2.05) is 6.92 Å². The molecule has 0 N–H and O–H groups in total. The molecule has 9 heteroatoms. The number of para-hydroxylation sites is 2. The van der Waals surface area contributed by atoms with Crippen LogP contribution in [0.2, 0.25) is 0 Å². The molecule has 1 unspecified atom stereocenters. The van der Waals surface area contributed by atoms with Gasteiger partial charge in [0.15, 0.2) is 11.9 Å². The van der Waals surface area contributed by atoms with Crippen molar-refractivity contribution in [1.82, 2.24) is 0 Å². The van der Waals surface area contributed by atoms with Gasteiger partial charge >= 0.3 is 17.6 Å². The van der Waals surface area contributed by atoms with E-state index >= 15 is 0 Å². The fourth-order valence-electron chi connectivity index (χ4n) is 2.23. The lowest BCUT2D eigenvalue weighted by Crippen LogP contribution is -2.28. The number of hydrogen-bond acceptors (Lipinski definition) is 8. The molecular weight excluding hydrogens is 382 g/mol. The SMILES string of the molecule is CCOCCOC(=O)c1ccc(OC(=O)C(C)Oc2ccccc2[N+](=O)[O-])cc1. The molecule has 0 bridgehead atoms. The maximum absolute atomic E-state index is 12.2. The van der Waals surface area contributed by atoms with E-state index in [4.69, 9.17) is 18.9 Å². The minimum atomic E-state index is -1.08. The number of ether oxygens (including phenoxy) is 4. The van der Waals surface area contributed by atoms with E-state index < -0.39 is 23.0 Å². The van der Waals surface area contributed by atoms with Crippen molar-refractivity contribution in [1.29, 1.82) is 0 Å². The molecule has 0 spiro atoms. The monoisotopic (exact) mass is 403 g/mol. The van der Waals surface area contributed by atoms with Gasteiger partial charge in [-0.1, -0.05) is 12.1 Å². The zero-order valence-corrected chi connectivity index (χ0v) is 16.0. The smallest absolute Gasteiger partial charge is 0.352 e. The number of rotatable bonds is 10. The summed E-state index contributed by atoms with van der Waals surface area (Å²) >= 11 is 0. The van der Waals surface area contributed by atoms with E-state index in [0.29, 0.717) is 18.8 Å². The average molecular weight is 403 g/mol. The van der Waals surface area contributed by atoms with Crippen LogP contribution in [0.15, 0.2) is 48.5 Å². The van der Waals surface area contributed by atoms with E-state index in [9.17, 15) is 19.7 Å². The van der Waals surface area contributed by atoms with Crippen molar-refractivity contribution in [3.63, 3.8) is 0 Å². The third kappa shape index (κ3) is 6.58. The lowest BCUT2D eigenvalue weighted by atomic mass is 10.2. The van der Waals surface area contributed by atoms with Crippen molar-refractivity contribution >= 4 is 17.6 Å². The topological polar surface area (TPSA) is 114 Å². The van der Waals surface area contributed by atoms with E-state index in [1.54, 1.807) is 6.07 Å². The summed E-state index contributed by atoms with van der Waals surface area (Å²) in [5, 5.41) is 11.0. The highest BCUT2D eigenvalue weighted by Crippen LogP contribution is 2.27. The van der Waals surface area contributed by atoms with Crippen LogP contribution in [0.4, 0.5) is 5.69 Å². The summed E-state index contributed by atoms with van der Waals surface area (Å²) in [7, 11) is 0. The molecule has 2 aromatic rings. The molecule has 2 aromatic carbocycles. The Kier molecular flexibility index (Phi) is 8.11. The second-order valence-corrected chi connectivity index (χ2v) is 5.76. The number of nitrogens with zero attached hydrogens (tertiary/aromatic N) is 1. The predicted molar refractivity (Wildman–Crippen MR) is 102 cm³/mol. The van der Waals surface area contributed by atoms with Crippen LogP contribution in [0.5, 0.6) is 11.5 Å². The van der Waals surface area contributed by atoms with Crippen LogP contribution in [0.25, 0.3) is 0 Å². The molecule has 0 fully saturated rings. The van der Waals surface area contributed by atoms with Crippen LogP contribution in [0, 0.1) is 10.1 Å². The Morgan fingerprint density at radius 2 is 1.76 bits per heavy atom. The molecule has 0 aliphatic carbocycles. The van der Waals surface area contributed by atoms with Crippen LogP contribution in [0.3, 0.4) is 0 Å². The quantitative estimate of drug-likeness (QED) is 0.195. The van der Waals surface area contributed by atoms with Crippen LogP contribution >= 0.6 is 0 Å². The molecule has 0 radical (unpaired) electrons. The normalized spacial score (nSPS) is 11.4. The van der Waals surface area contributed by atoms with Crippen molar-refractivity contribution in [2.24, 2.45) is 0 Å². The number of esters is 2. The standard InChI is InChI=1S/C20H21NO8/c1-3-26-12-13-27-20(23)15-8-10-16(11-9-15)29-19(22)14(2)28-18-7-5-4-6-17(18)21(24)25/h4-11,14H,3,12-13H2,1-2H3. The summed E-state index contributed by atoms with van der Waals surface area (Å²) in [4.78, 5) is 34.5.